The van der Waals surface area contributed by atoms with Crippen LogP contribution in [-0.4, -0.2) is 30.7 Å². The number of alkyl halides is 3. The highest BCUT2D eigenvalue weighted by Crippen LogP contribution is 2.17. The first-order valence-corrected chi connectivity index (χ1v) is 5.29. The second-order valence-electron chi connectivity index (χ2n) is 3.63. The van der Waals surface area contributed by atoms with Crippen LogP contribution in [0.4, 0.5) is 13.2 Å². The molecule has 0 saturated carbocycles. The van der Waals surface area contributed by atoms with E-state index in [1.54, 1.807) is 0 Å². The monoisotopic (exact) mass is 282 g/mol. The highest BCUT2D eigenvalue weighted by atomic mass is 19.4. The maximum absolute atomic E-state index is 11.7. The minimum atomic E-state index is -5.19. The Balaban J connectivity index is 3.74. The number of rotatable bonds is 6. The maximum Gasteiger partial charge on any atom is 0.491 e. The summed E-state index contributed by atoms with van der Waals surface area (Å²) in [6.45, 7) is 4.81. The van der Waals surface area contributed by atoms with E-state index in [1.165, 1.54) is 6.92 Å². The first kappa shape index (κ1) is 17.1. The molecule has 0 rings (SSSR count). The third kappa shape index (κ3) is 7.96. The van der Waals surface area contributed by atoms with E-state index in [4.69, 9.17) is 0 Å². The standard InChI is InChI=1S/C11H13F3O5/c1-7(2)9(16)18-6-4-3-5-8(15)19-10(17)11(12,13)14/h1,3-6H2,2H3. The van der Waals surface area contributed by atoms with Crippen LogP contribution in [0.15, 0.2) is 12.2 Å². The van der Waals surface area contributed by atoms with E-state index < -0.39 is 24.1 Å². The smallest absolute Gasteiger partial charge is 0.462 e. The van der Waals surface area contributed by atoms with Gasteiger partial charge in [-0.2, -0.15) is 13.2 Å². The topological polar surface area (TPSA) is 69.7 Å². The van der Waals surface area contributed by atoms with Gasteiger partial charge in [-0.1, -0.05) is 6.58 Å². The molecule has 0 heterocycles. The fourth-order valence-corrected chi connectivity index (χ4v) is 0.872. The van der Waals surface area contributed by atoms with Crippen molar-refractivity contribution in [2.24, 2.45) is 0 Å². The molecule has 0 aliphatic rings. The van der Waals surface area contributed by atoms with Crippen LogP contribution in [-0.2, 0) is 23.9 Å². The largest absolute Gasteiger partial charge is 0.491 e. The Morgan fingerprint density at radius 1 is 1.16 bits per heavy atom. The van der Waals surface area contributed by atoms with E-state index in [1.807, 2.05) is 0 Å². The van der Waals surface area contributed by atoms with Gasteiger partial charge in [0.1, 0.15) is 0 Å². The molecule has 0 amide bonds. The maximum atomic E-state index is 11.7. The molecule has 8 heteroatoms. The number of ether oxygens (including phenoxy) is 2. The lowest BCUT2D eigenvalue weighted by molar-refractivity contribution is -0.201. The third-order valence-electron chi connectivity index (χ3n) is 1.79. The molecular weight excluding hydrogens is 269 g/mol. The Bertz CT molecular complexity index is 373. The van der Waals surface area contributed by atoms with Crippen molar-refractivity contribution in [1.82, 2.24) is 0 Å². The van der Waals surface area contributed by atoms with E-state index in [2.05, 4.69) is 16.1 Å². The van der Waals surface area contributed by atoms with Crippen molar-refractivity contribution in [3.8, 4) is 0 Å². The Morgan fingerprint density at radius 3 is 2.21 bits per heavy atom. The molecule has 0 N–H and O–H groups in total. The zero-order valence-electron chi connectivity index (χ0n) is 10.2. The second kappa shape index (κ2) is 7.55. The molecule has 0 aromatic rings. The molecule has 5 nitrogen and oxygen atoms in total. The Kier molecular flexibility index (Phi) is 6.81. The quantitative estimate of drug-likeness (QED) is 0.322. The summed E-state index contributed by atoms with van der Waals surface area (Å²) in [7, 11) is 0. The SMILES string of the molecule is C=C(C)C(=O)OCCCCC(=O)OC(=O)C(F)(F)F. The first-order chi connectivity index (χ1) is 8.64. The van der Waals surface area contributed by atoms with Crippen molar-refractivity contribution >= 4 is 17.9 Å². The average Bonchev–Trinajstić information content (AvgIpc) is 2.26. The van der Waals surface area contributed by atoms with Crippen LogP contribution in [0.5, 0.6) is 0 Å². The van der Waals surface area contributed by atoms with E-state index in [9.17, 15) is 27.6 Å². The van der Waals surface area contributed by atoms with Gasteiger partial charge in [0.05, 0.1) is 6.61 Å². The predicted molar refractivity (Wildman–Crippen MR) is 56.8 cm³/mol. The highest BCUT2D eigenvalue weighted by Gasteiger charge is 2.42. The lowest BCUT2D eigenvalue weighted by Gasteiger charge is -2.06. The molecule has 0 aliphatic heterocycles. The molecule has 19 heavy (non-hydrogen) atoms. The van der Waals surface area contributed by atoms with Gasteiger partial charge in [0.25, 0.3) is 0 Å². The van der Waals surface area contributed by atoms with Crippen LogP contribution in [0.2, 0.25) is 0 Å². The van der Waals surface area contributed by atoms with Gasteiger partial charge in [-0.15, -0.1) is 0 Å². The van der Waals surface area contributed by atoms with Gasteiger partial charge in [-0.3, -0.25) is 4.79 Å². The summed E-state index contributed by atoms with van der Waals surface area (Å²) >= 11 is 0. The van der Waals surface area contributed by atoms with Gasteiger partial charge < -0.3 is 9.47 Å². The zero-order valence-corrected chi connectivity index (χ0v) is 10.2. The molecular formula is C11H13F3O5. The Hall–Kier alpha value is -1.86. The number of hydrogen-bond acceptors (Lipinski definition) is 5. The van der Waals surface area contributed by atoms with E-state index in [-0.39, 0.29) is 31.4 Å². The fraction of sp³-hybridized carbons (Fsp3) is 0.545. The first-order valence-electron chi connectivity index (χ1n) is 5.29. The van der Waals surface area contributed by atoms with Gasteiger partial charge in [-0.05, 0) is 19.8 Å². The van der Waals surface area contributed by atoms with Crippen molar-refractivity contribution < 1.29 is 37.0 Å². The van der Waals surface area contributed by atoms with Crippen LogP contribution in [0.3, 0.4) is 0 Å². The third-order valence-corrected chi connectivity index (χ3v) is 1.79. The molecule has 0 unspecified atom stereocenters. The van der Waals surface area contributed by atoms with Gasteiger partial charge in [0.2, 0.25) is 0 Å². The lowest BCUT2D eigenvalue weighted by atomic mass is 10.2. The van der Waals surface area contributed by atoms with E-state index in [0.29, 0.717) is 0 Å². The van der Waals surface area contributed by atoms with Gasteiger partial charge in [0.15, 0.2) is 0 Å². The summed E-state index contributed by atoms with van der Waals surface area (Å²) in [5.41, 5.74) is 0.218. The molecule has 0 radical (unpaired) electrons. The summed E-state index contributed by atoms with van der Waals surface area (Å²) in [6.07, 6.45) is -5.17. The van der Waals surface area contributed by atoms with Crippen LogP contribution < -0.4 is 0 Å². The Labute approximate surface area is 107 Å². The summed E-state index contributed by atoms with van der Waals surface area (Å²) < 4.78 is 43.4. The van der Waals surface area contributed by atoms with Gasteiger partial charge in [-0.25, -0.2) is 9.59 Å². The van der Waals surface area contributed by atoms with E-state index >= 15 is 0 Å². The van der Waals surface area contributed by atoms with Gasteiger partial charge >= 0.3 is 24.1 Å². The van der Waals surface area contributed by atoms with E-state index in [0.717, 1.165) is 0 Å². The van der Waals surface area contributed by atoms with Crippen LogP contribution in [0.25, 0.3) is 0 Å². The molecule has 108 valence electrons. The van der Waals surface area contributed by atoms with Crippen molar-refractivity contribution in [2.45, 2.75) is 32.4 Å². The molecule has 0 saturated heterocycles. The zero-order chi connectivity index (χ0) is 15.1. The van der Waals surface area contributed by atoms with Crippen molar-refractivity contribution in [3.05, 3.63) is 12.2 Å². The number of hydrogen-bond donors (Lipinski definition) is 0. The minimum Gasteiger partial charge on any atom is -0.462 e. The number of esters is 3. The summed E-state index contributed by atoms with van der Waals surface area (Å²) in [5, 5.41) is 0. The number of carbonyl (C=O) groups excluding carboxylic acids is 3. The van der Waals surface area contributed by atoms with Crippen LogP contribution in [0, 0.1) is 0 Å². The number of halogens is 3. The van der Waals surface area contributed by atoms with Crippen LogP contribution in [0.1, 0.15) is 26.2 Å². The average molecular weight is 282 g/mol. The van der Waals surface area contributed by atoms with Crippen molar-refractivity contribution in [1.29, 1.82) is 0 Å². The lowest BCUT2D eigenvalue weighted by Crippen LogP contribution is -2.27. The fourth-order valence-electron chi connectivity index (χ4n) is 0.872. The minimum absolute atomic E-state index is 0.00614. The number of carbonyl (C=O) groups is 3. The molecule has 0 aromatic carbocycles. The van der Waals surface area contributed by atoms with Gasteiger partial charge in [0, 0.05) is 12.0 Å². The normalized spacial score (nSPS) is 10.7. The Morgan fingerprint density at radius 2 is 1.74 bits per heavy atom. The molecule has 0 aliphatic carbocycles. The molecule has 0 aromatic heterocycles. The predicted octanol–water partition coefficient (Wildman–Crippen LogP) is 1.91. The number of unbranched alkanes of at least 4 members (excludes halogenated alkanes) is 1. The van der Waals surface area contributed by atoms with Crippen molar-refractivity contribution in [2.75, 3.05) is 6.61 Å². The molecule has 0 spiro atoms. The molecule has 0 fully saturated rings. The summed E-state index contributed by atoms with van der Waals surface area (Å²) in [5.74, 6) is -4.39. The van der Waals surface area contributed by atoms with Crippen LogP contribution >= 0.6 is 0 Å². The summed E-state index contributed by atoms with van der Waals surface area (Å²) in [4.78, 5) is 32.0. The summed E-state index contributed by atoms with van der Waals surface area (Å²) in [6, 6.07) is 0. The van der Waals surface area contributed by atoms with Crippen molar-refractivity contribution in [3.63, 3.8) is 0 Å². The molecule has 0 bridgehead atoms. The highest BCUT2D eigenvalue weighted by molar-refractivity contribution is 5.88. The molecule has 0 atom stereocenters. The second-order valence-corrected chi connectivity index (χ2v) is 3.63.